The lowest BCUT2D eigenvalue weighted by Crippen LogP contribution is -2.24. The monoisotopic (exact) mass is 328 g/mol. The van der Waals surface area contributed by atoms with Crippen molar-refractivity contribution in [2.24, 2.45) is 7.05 Å². The third-order valence-electron chi connectivity index (χ3n) is 2.92. The topological polar surface area (TPSA) is 42.7 Å². The van der Waals surface area contributed by atoms with Crippen molar-refractivity contribution in [3.63, 3.8) is 0 Å². The van der Waals surface area contributed by atoms with Crippen LogP contribution in [0.4, 0.5) is 0 Å². The average molecular weight is 329 g/mol. The van der Waals surface area contributed by atoms with Crippen LogP contribution in [-0.2, 0) is 13.5 Å². The van der Waals surface area contributed by atoms with Crippen molar-refractivity contribution in [1.82, 2.24) is 20.1 Å². The Morgan fingerprint density at radius 2 is 2.33 bits per heavy atom. The summed E-state index contributed by atoms with van der Waals surface area (Å²) in [7, 11) is 1.98. The van der Waals surface area contributed by atoms with Gasteiger partial charge >= 0.3 is 0 Å². The van der Waals surface area contributed by atoms with E-state index in [1.165, 1.54) is 5.69 Å². The van der Waals surface area contributed by atoms with E-state index >= 15 is 0 Å². The molecular weight excluding hydrogens is 312 g/mol. The van der Waals surface area contributed by atoms with Crippen molar-refractivity contribution >= 4 is 27.3 Å². The summed E-state index contributed by atoms with van der Waals surface area (Å²) < 4.78 is 3.04. The number of halogens is 1. The molecule has 1 atom stereocenters. The highest BCUT2D eigenvalue weighted by Gasteiger charge is 2.18. The SMILES string of the molecule is CCNC(Cc1c(Br)c(C)nn1C)c1cscn1. The molecular formula is C12H17BrN4S. The molecule has 0 spiro atoms. The van der Waals surface area contributed by atoms with Gasteiger partial charge in [-0.25, -0.2) is 4.98 Å². The van der Waals surface area contributed by atoms with Gasteiger partial charge in [-0.1, -0.05) is 6.92 Å². The lowest BCUT2D eigenvalue weighted by Gasteiger charge is -2.16. The second-order valence-corrected chi connectivity index (χ2v) is 5.71. The highest BCUT2D eigenvalue weighted by molar-refractivity contribution is 9.10. The molecule has 0 amide bonds. The third kappa shape index (κ3) is 2.81. The fraction of sp³-hybridized carbons (Fsp3) is 0.500. The molecule has 1 N–H and O–H groups in total. The molecule has 0 saturated carbocycles. The van der Waals surface area contributed by atoms with Gasteiger partial charge in [0, 0.05) is 18.8 Å². The molecule has 0 aliphatic heterocycles. The maximum Gasteiger partial charge on any atom is 0.0795 e. The second-order valence-electron chi connectivity index (χ2n) is 4.20. The molecule has 2 aromatic heterocycles. The minimum atomic E-state index is 0.243. The summed E-state index contributed by atoms with van der Waals surface area (Å²) in [5.74, 6) is 0. The summed E-state index contributed by atoms with van der Waals surface area (Å²) in [5, 5.41) is 10.0. The molecule has 0 aliphatic carbocycles. The Bertz CT molecular complexity index is 506. The Kier molecular flexibility index (Phi) is 4.53. The van der Waals surface area contributed by atoms with Crippen molar-refractivity contribution in [2.75, 3.05) is 6.54 Å². The Labute approximate surface area is 120 Å². The van der Waals surface area contributed by atoms with Gasteiger partial charge in [0.25, 0.3) is 0 Å². The number of nitrogens with one attached hydrogen (secondary N) is 1. The minimum Gasteiger partial charge on any atom is -0.309 e. The maximum absolute atomic E-state index is 4.43. The Morgan fingerprint density at radius 1 is 1.56 bits per heavy atom. The van der Waals surface area contributed by atoms with Crippen molar-refractivity contribution in [3.8, 4) is 0 Å². The van der Waals surface area contributed by atoms with Gasteiger partial charge in [0.2, 0.25) is 0 Å². The van der Waals surface area contributed by atoms with Gasteiger partial charge < -0.3 is 5.32 Å². The molecule has 98 valence electrons. The van der Waals surface area contributed by atoms with E-state index in [0.29, 0.717) is 0 Å². The second kappa shape index (κ2) is 5.95. The number of hydrogen-bond acceptors (Lipinski definition) is 4. The Balaban J connectivity index is 2.24. The lowest BCUT2D eigenvalue weighted by atomic mass is 10.1. The molecule has 6 heteroatoms. The summed E-state index contributed by atoms with van der Waals surface area (Å²) in [4.78, 5) is 4.41. The molecule has 4 nitrogen and oxygen atoms in total. The summed E-state index contributed by atoms with van der Waals surface area (Å²) in [6.45, 7) is 5.05. The summed E-state index contributed by atoms with van der Waals surface area (Å²) >= 11 is 5.25. The van der Waals surface area contributed by atoms with Crippen LogP contribution in [0.1, 0.15) is 30.0 Å². The first-order chi connectivity index (χ1) is 8.63. The first-order valence-electron chi connectivity index (χ1n) is 5.93. The predicted octanol–water partition coefficient (Wildman–Crippen LogP) is 2.84. The van der Waals surface area contributed by atoms with E-state index in [4.69, 9.17) is 0 Å². The van der Waals surface area contributed by atoms with E-state index in [1.807, 2.05) is 24.2 Å². The van der Waals surface area contributed by atoms with Crippen LogP contribution in [0.15, 0.2) is 15.4 Å². The Hall–Kier alpha value is -0.720. The molecule has 0 saturated heterocycles. The fourth-order valence-corrected chi connectivity index (χ4v) is 3.12. The standard InChI is InChI=1S/C12H17BrN4S/c1-4-14-9(10-6-18-7-15-10)5-11-12(13)8(2)16-17(11)3/h6-7,9,14H,4-5H2,1-3H3. The molecule has 0 bridgehead atoms. The molecule has 18 heavy (non-hydrogen) atoms. The number of hydrogen-bond donors (Lipinski definition) is 1. The van der Waals surface area contributed by atoms with Crippen molar-refractivity contribution in [2.45, 2.75) is 26.3 Å². The minimum absolute atomic E-state index is 0.243. The first kappa shape index (κ1) is 13.7. The van der Waals surface area contributed by atoms with Crippen LogP contribution in [0.2, 0.25) is 0 Å². The largest absolute Gasteiger partial charge is 0.309 e. The van der Waals surface area contributed by atoms with Gasteiger partial charge in [-0.15, -0.1) is 11.3 Å². The van der Waals surface area contributed by atoms with E-state index in [1.54, 1.807) is 11.3 Å². The number of aromatic nitrogens is 3. The zero-order valence-electron chi connectivity index (χ0n) is 10.8. The molecule has 2 aromatic rings. The van der Waals surface area contributed by atoms with Gasteiger partial charge in [0.15, 0.2) is 0 Å². The van der Waals surface area contributed by atoms with Crippen molar-refractivity contribution in [3.05, 3.63) is 32.4 Å². The van der Waals surface area contributed by atoms with Crippen LogP contribution < -0.4 is 5.32 Å². The van der Waals surface area contributed by atoms with Crippen LogP contribution in [-0.4, -0.2) is 21.3 Å². The van der Waals surface area contributed by atoms with E-state index in [-0.39, 0.29) is 6.04 Å². The summed E-state index contributed by atoms with van der Waals surface area (Å²) in [6, 6.07) is 0.243. The van der Waals surface area contributed by atoms with Crippen molar-refractivity contribution in [1.29, 1.82) is 0 Å². The van der Waals surface area contributed by atoms with E-state index in [0.717, 1.165) is 28.8 Å². The van der Waals surface area contributed by atoms with Crippen LogP contribution in [0, 0.1) is 6.92 Å². The maximum atomic E-state index is 4.43. The van der Waals surface area contributed by atoms with Gasteiger partial charge in [0.1, 0.15) is 0 Å². The number of nitrogens with zero attached hydrogens (tertiary/aromatic N) is 3. The van der Waals surface area contributed by atoms with Crippen LogP contribution in [0.25, 0.3) is 0 Å². The van der Waals surface area contributed by atoms with E-state index in [2.05, 4.69) is 43.6 Å². The fourth-order valence-electron chi connectivity index (χ4n) is 2.02. The van der Waals surface area contributed by atoms with Crippen LogP contribution in [0.3, 0.4) is 0 Å². The molecule has 0 radical (unpaired) electrons. The number of rotatable bonds is 5. The number of thiazole rings is 1. The highest BCUT2D eigenvalue weighted by atomic mass is 79.9. The first-order valence-corrected chi connectivity index (χ1v) is 7.66. The van der Waals surface area contributed by atoms with Gasteiger partial charge in [-0.3, -0.25) is 4.68 Å². The molecule has 0 aliphatic rings. The number of likely N-dealkylation sites (N-methyl/N-ethyl adjacent to an activating group) is 1. The Morgan fingerprint density at radius 3 is 2.83 bits per heavy atom. The molecule has 2 heterocycles. The number of aryl methyl sites for hydroxylation is 2. The zero-order chi connectivity index (χ0) is 13.1. The van der Waals surface area contributed by atoms with Crippen molar-refractivity contribution < 1.29 is 0 Å². The average Bonchev–Trinajstić information content (AvgIpc) is 2.93. The third-order valence-corrected chi connectivity index (χ3v) is 4.55. The molecule has 0 fully saturated rings. The van der Waals surface area contributed by atoms with Gasteiger partial charge in [-0.05, 0) is 29.4 Å². The van der Waals surface area contributed by atoms with Gasteiger partial charge in [-0.2, -0.15) is 5.10 Å². The summed E-state index contributed by atoms with van der Waals surface area (Å²) in [5.41, 5.74) is 5.21. The van der Waals surface area contributed by atoms with E-state index < -0.39 is 0 Å². The van der Waals surface area contributed by atoms with Crippen LogP contribution in [0.5, 0.6) is 0 Å². The van der Waals surface area contributed by atoms with Crippen LogP contribution >= 0.6 is 27.3 Å². The van der Waals surface area contributed by atoms with E-state index in [9.17, 15) is 0 Å². The molecule has 1 unspecified atom stereocenters. The van der Waals surface area contributed by atoms with Gasteiger partial charge in [0.05, 0.1) is 33.1 Å². The zero-order valence-corrected chi connectivity index (χ0v) is 13.2. The lowest BCUT2D eigenvalue weighted by molar-refractivity contribution is 0.519. The molecule has 0 aromatic carbocycles. The normalized spacial score (nSPS) is 12.9. The quantitative estimate of drug-likeness (QED) is 0.917. The summed E-state index contributed by atoms with van der Waals surface area (Å²) in [6.07, 6.45) is 0.884. The molecule has 2 rings (SSSR count). The smallest absolute Gasteiger partial charge is 0.0795 e. The predicted molar refractivity (Wildman–Crippen MR) is 77.9 cm³/mol. The highest BCUT2D eigenvalue weighted by Crippen LogP contribution is 2.25.